The Morgan fingerprint density at radius 1 is 1.14 bits per heavy atom. The van der Waals surface area contributed by atoms with E-state index in [-0.39, 0.29) is 17.2 Å². The molecule has 0 bridgehead atoms. The summed E-state index contributed by atoms with van der Waals surface area (Å²) in [5, 5.41) is 0.296. The monoisotopic (exact) mass is 415 g/mol. The lowest BCUT2D eigenvalue weighted by molar-refractivity contribution is 0.0738. The van der Waals surface area contributed by atoms with Crippen LogP contribution in [0.25, 0.3) is 0 Å². The number of carbonyl (C=O) groups is 1. The van der Waals surface area contributed by atoms with Crippen molar-refractivity contribution in [2.45, 2.75) is 57.9 Å². The van der Waals surface area contributed by atoms with Crippen molar-refractivity contribution in [2.75, 3.05) is 19.7 Å². The van der Waals surface area contributed by atoms with Crippen LogP contribution in [0.1, 0.15) is 62.4 Å². The van der Waals surface area contributed by atoms with Crippen LogP contribution in [0.15, 0.2) is 36.7 Å². The number of aromatic nitrogens is 2. The van der Waals surface area contributed by atoms with Gasteiger partial charge in [0.15, 0.2) is 10.9 Å². The molecular formula is C23H30ClN3O2. The molecule has 6 heteroatoms. The van der Waals surface area contributed by atoms with Gasteiger partial charge in [-0.3, -0.25) is 14.7 Å². The van der Waals surface area contributed by atoms with Gasteiger partial charge < -0.3 is 4.74 Å². The van der Waals surface area contributed by atoms with Crippen LogP contribution < -0.4 is 4.74 Å². The van der Waals surface area contributed by atoms with E-state index >= 15 is 0 Å². The Hall–Kier alpha value is -1.98. The first kappa shape index (κ1) is 21.7. The summed E-state index contributed by atoms with van der Waals surface area (Å²) < 4.78 is 5.72. The molecule has 156 valence electrons. The second kappa shape index (κ2) is 9.68. The minimum atomic E-state index is -0.192. The zero-order valence-corrected chi connectivity index (χ0v) is 18.3. The number of ether oxygens (including phenoxy) is 1. The van der Waals surface area contributed by atoms with Crippen molar-refractivity contribution in [3.05, 3.63) is 52.9 Å². The first-order valence-electron chi connectivity index (χ1n) is 10.3. The number of nitrogens with zero attached hydrogens (tertiary/aromatic N) is 3. The van der Waals surface area contributed by atoms with Gasteiger partial charge in [0.05, 0.1) is 25.0 Å². The summed E-state index contributed by atoms with van der Waals surface area (Å²) >= 11 is 5.87. The van der Waals surface area contributed by atoms with Crippen LogP contribution in [0.5, 0.6) is 5.88 Å². The van der Waals surface area contributed by atoms with Crippen LogP contribution in [-0.2, 0) is 5.41 Å². The van der Waals surface area contributed by atoms with E-state index < -0.39 is 0 Å². The standard InChI is InChI=1S/C23H30ClN3O2/c1-23(2,3)18-9-7-17(8-10-18)22(28)19(27-12-5-4-6-13-27)11-14-29-21-16-25-15-20(24)26-21/h7-10,15-16,19H,4-6,11-14H2,1-3H3. The Morgan fingerprint density at radius 2 is 1.83 bits per heavy atom. The molecule has 1 aliphatic heterocycles. The summed E-state index contributed by atoms with van der Waals surface area (Å²) in [5.41, 5.74) is 2.06. The van der Waals surface area contributed by atoms with Crippen molar-refractivity contribution < 1.29 is 9.53 Å². The molecule has 0 aliphatic carbocycles. The lowest BCUT2D eigenvalue weighted by Gasteiger charge is -2.33. The molecule has 2 aromatic rings. The molecule has 0 radical (unpaired) electrons. The fourth-order valence-corrected chi connectivity index (χ4v) is 3.85. The fourth-order valence-electron chi connectivity index (χ4n) is 3.71. The Labute approximate surface area is 178 Å². The van der Waals surface area contributed by atoms with Gasteiger partial charge in [0.2, 0.25) is 5.88 Å². The number of likely N-dealkylation sites (tertiary alicyclic amines) is 1. The molecule has 0 saturated carbocycles. The third-order valence-electron chi connectivity index (χ3n) is 5.39. The first-order valence-corrected chi connectivity index (χ1v) is 10.7. The van der Waals surface area contributed by atoms with E-state index in [4.69, 9.17) is 16.3 Å². The molecule has 5 nitrogen and oxygen atoms in total. The van der Waals surface area contributed by atoms with E-state index in [9.17, 15) is 4.79 Å². The van der Waals surface area contributed by atoms with Crippen molar-refractivity contribution in [1.29, 1.82) is 0 Å². The zero-order valence-electron chi connectivity index (χ0n) is 17.5. The van der Waals surface area contributed by atoms with Crippen molar-refractivity contribution in [1.82, 2.24) is 14.9 Å². The summed E-state index contributed by atoms with van der Waals surface area (Å²) in [6.07, 6.45) is 7.10. The molecule has 1 saturated heterocycles. The third kappa shape index (κ3) is 6.00. The normalized spacial score (nSPS) is 16.4. The van der Waals surface area contributed by atoms with Gasteiger partial charge in [-0.1, -0.05) is 63.1 Å². The van der Waals surface area contributed by atoms with Gasteiger partial charge in [0.25, 0.3) is 0 Å². The highest BCUT2D eigenvalue weighted by atomic mass is 35.5. The maximum absolute atomic E-state index is 13.4. The summed E-state index contributed by atoms with van der Waals surface area (Å²) in [6.45, 7) is 8.83. The predicted octanol–water partition coefficient (Wildman–Crippen LogP) is 4.93. The summed E-state index contributed by atoms with van der Waals surface area (Å²) in [5.74, 6) is 0.546. The van der Waals surface area contributed by atoms with Crippen LogP contribution in [-0.4, -0.2) is 46.4 Å². The largest absolute Gasteiger partial charge is 0.476 e. The van der Waals surface area contributed by atoms with Crippen molar-refractivity contribution in [3.8, 4) is 5.88 Å². The Bertz CT molecular complexity index is 812. The molecule has 1 aromatic carbocycles. The topological polar surface area (TPSA) is 55.3 Å². The maximum Gasteiger partial charge on any atom is 0.233 e. The molecule has 1 atom stereocenters. The Kier molecular flexibility index (Phi) is 7.25. The van der Waals surface area contributed by atoms with Gasteiger partial charge in [0, 0.05) is 12.0 Å². The highest BCUT2D eigenvalue weighted by Crippen LogP contribution is 2.24. The molecule has 3 rings (SSSR count). The Balaban J connectivity index is 1.71. The summed E-state index contributed by atoms with van der Waals surface area (Å²) in [6, 6.07) is 7.87. The summed E-state index contributed by atoms with van der Waals surface area (Å²) in [4.78, 5) is 23.7. The van der Waals surface area contributed by atoms with Crippen molar-refractivity contribution in [2.24, 2.45) is 0 Å². The number of Topliss-reactive ketones (excluding diaryl/α,β-unsaturated/α-hetero) is 1. The van der Waals surface area contributed by atoms with Gasteiger partial charge in [-0.15, -0.1) is 0 Å². The number of ketones is 1. The minimum Gasteiger partial charge on any atom is -0.476 e. The predicted molar refractivity (Wildman–Crippen MR) is 116 cm³/mol. The molecule has 1 aromatic heterocycles. The van der Waals surface area contributed by atoms with E-state index in [0.717, 1.165) is 31.5 Å². The number of benzene rings is 1. The summed E-state index contributed by atoms with van der Waals surface area (Å²) in [7, 11) is 0. The molecule has 0 N–H and O–H groups in total. The highest BCUT2D eigenvalue weighted by molar-refractivity contribution is 6.29. The SMILES string of the molecule is CC(C)(C)c1ccc(C(=O)C(CCOc2cncc(Cl)n2)N2CCCCC2)cc1. The highest BCUT2D eigenvalue weighted by Gasteiger charge is 2.28. The van der Waals surface area contributed by atoms with Crippen molar-refractivity contribution >= 4 is 17.4 Å². The number of piperidine rings is 1. The number of rotatable bonds is 7. The fraction of sp³-hybridized carbons (Fsp3) is 0.522. The van der Waals surface area contributed by atoms with E-state index in [1.165, 1.54) is 24.4 Å². The number of hydrogen-bond donors (Lipinski definition) is 0. The molecular weight excluding hydrogens is 386 g/mol. The first-order chi connectivity index (χ1) is 13.8. The van der Waals surface area contributed by atoms with Crippen LogP contribution in [0, 0.1) is 0 Å². The van der Waals surface area contributed by atoms with Gasteiger partial charge in [-0.2, -0.15) is 4.98 Å². The quantitative estimate of drug-likeness (QED) is 0.600. The van der Waals surface area contributed by atoms with Gasteiger partial charge >= 0.3 is 0 Å². The van der Waals surface area contributed by atoms with Gasteiger partial charge in [0.1, 0.15) is 0 Å². The molecule has 1 fully saturated rings. The smallest absolute Gasteiger partial charge is 0.233 e. The minimum absolute atomic E-state index is 0.0691. The van der Waals surface area contributed by atoms with E-state index in [0.29, 0.717) is 24.1 Å². The van der Waals surface area contributed by atoms with E-state index in [1.54, 1.807) is 0 Å². The van der Waals surface area contributed by atoms with Crippen LogP contribution in [0.3, 0.4) is 0 Å². The van der Waals surface area contributed by atoms with Crippen LogP contribution in [0.2, 0.25) is 5.15 Å². The zero-order chi connectivity index (χ0) is 20.9. The number of halogens is 1. The molecule has 0 spiro atoms. The molecule has 0 amide bonds. The van der Waals surface area contributed by atoms with Crippen LogP contribution in [0.4, 0.5) is 0 Å². The number of carbonyl (C=O) groups excluding carboxylic acids is 1. The molecule has 1 unspecified atom stereocenters. The number of hydrogen-bond acceptors (Lipinski definition) is 5. The molecule has 2 heterocycles. The second-order valence-corrected chi connectivity index (χ2v) is 9.01. The van der Waals surface area contributed by atoms with Gasteiger partial charge in [-0.25, -0.2) is 0 Å². The lowest BCUT2D eigenvalue weighted by atomic mass is 9.86. The lowest BCUT2D eigenvalue weighted by Crippen LogP contribution is -2.45. The van der Waals surface area contributed by atoms with Gasteiger partial charge in [-0.05, 0) is 36.9 Å². The van der Waals surface area contributed by atoms with Crippen LogP contribution >= 0.6 is 11.6 Å². The average molecular weight is 416 g/mol. The molecule has 1 aliphatic rings. The van der Waals surface area contributed by atoms with E-state index in [1.807, 2.05) is 12.1 Å². The maximum atomic E-state index is 13.4. The average Bonchev–Trinajstić information content (AvgIpc) is 2.71. The van der Waals surface area contributed by atoms with E-state index in [2.05, 4.69) is 47.8 Å². The van der Waals surface area contributed by atoms with Crippen molar-refractivity contribution in [3.63, 3.8) is 0 Å². The second-order valence-electron chi connectivity index (χ2n) is 8.62. The Morgan fingerprint density at radius 3 is 2.45 bits per heavy atom. The third-order valence-corrected chi connectivity index (χ3v) is 5.58. The molecule has 29 heavy (non-hydrogen) atoms.